The highest BCUT2D eigenvalue weighted by molar-refractivity contribution is 6.01. The van der Waals surface area contributed by atoms with E-state index in [0.29, 0.717) is 5.57 Å². The van der Waals surface area contributed by atoms with Crippen LogP contribution < -0.4 is 0 Å². The minimum Gasteiger partial charge on any atom is -0.462 e. The van der Waals surface area contributed by atoms with Crippen LogP contribution >= 0.6 is 0 Å². The summed E-state index contributed by atoms with van der Waals surface area (Å²) in [5.74, 6) is -0.562. The van der Waals surface area contributed by atoms with E-state index in [2.05, 4.69) is 0 Å². The fourth-order valence-corrected chi connectivity index (χ4v) is 1.43. The number of benzene rings is 1. The average Bonchev–Trinajstić information content (AvgIpc) is 2.31. The third kappa shape index (κ3) is 3.18. The van der Waals surface area contributed by atoms with Gasteiger partial charge in [0, 0.05) is 0 Å². The van der Waals surface area contributed by atoms with E-state index >= 15 is 0 Å². The molecule has 0 saturated heterocycles. The van der Waals surface area contributed by atoms with Crippen LogP contribution in [0.25, 0.3) is 5.57 Å². The lowest BCUT2D eigenvalue weighted by Gasteiger charge is -2.06. The molecule has 0 bridgehead atoms. The fourth-order valence-electron chi connectivity index (χ4n) is 1.43. The molecule has 0 radical (unpaired) electrons. The van der Waals surface area contributed by atoms with Crippen LogP contribution in [0.3, 0.4) is 0 Å². The van der Waals surface area contributed by atoms with Gasteiger partial charge in [0.05, 0.1) is 6.61 Å². The molecular weight excluding hydrogens is 214 g/mol. The Kier molecular flexibility index (Phi) is 4.47. The largest absolute Gasteiger partial charge is 0.462 e. The summed E-state index contributed by atoms with van der Waals surface area (Å²) in [4.78, 5) is 11.6. The number of hydrogen-bond donors (Lipinski definition) is 0. The van der Waals surface area contributed by atoms with Crippen molar-refractivity contribution in [1.82, 2.24) is 0 Å². The van der Waals surface area contributed by atoms with Gasteiger partial charge in [-0.3, -0.25) is 0 Å². The molecule has 0 unspecified atom stereocenters. The molecule has 0 aliphatic carbocycles. The first-order valence-corrected chi connectivity index (χ1v) is 5.45. The number of nitrogens with zero attached hydrogens (tertiary/aromatic N) is 1. The van der Waals surface area contributed by atoms with Crippen molar-refractivity contribution in [2.75, 3.05) is 6.61 Å². The van der Waals surface area contributed by atoms with Crippen LogP contribution in [0.15, 0.2) is 29.8 Å². The first-order valence-electron chi connectivity index (χ1n) is 5.45. The molecule has 0 aromatic heterocycles. The highest BCUT2D eigenvalue weighted by Gasteiger charge is 2.14. The zero-order valence-corrected chi connectivity index (χ0v) is 10.3. The number of carbonyl (C=O) groups excluding carboxylic acids is 1. The quantitative estimate of drug-likeness (QED) is 0.455. The first-order chi connectivity index (χ1) is 8.10. The van der Waals surface area contributed by atoms with Gasteiger partial charge in [0.15, 0.2) is 0 Å². The number of carbonyl (C=O) groups is 1. The second-order valence-electron chi connectivity index (χ2n) is 3.70. The van der Waals surface area contributed by atoms with Gasteiger partial charge in [-0.25, -0.2) is 4.79 Å². The number of esters is 1. The first kappa shape index (κ1) is 13.0. The van der Waals surface area contributed by atoms with Gasteiger partial charge in [0.25, 0.3) is 0 Å². The SMILES string of the molecule is CCOC(=O)C(C#N)=C(C)c1ccc(C)cc1. The molecule has 3 nitrogen and oxygen atoms in total. The van der Waals surface area contributed by atoms with Gasteiger partial charge in [-0.1, -0.05) is 29.8 Å². The molecule has 0 N–H and O–H groups in total. The minimum atomic E-state index is -0.562. The third-order valence-electron chi connectivity index (χ3n) is 2.45. The van der Waals surface area contributed by atoms with Crippen molar-refractivity contribution < 1.29 is 9.53 Å². The zero-order chi connectivity index (χ0) is 12.8. The highest BCUT2D eigenvalue weighted by Crippen LogP contribution is 2.19. The van der Waals surface area contributed by atoms with E-state index in [0.717, 1.165) is 11.1 Å². The second kappa shape index (κ2) is 5.86. The van der Waals surface area contributed by atoms with Gasteiger partial charge in [-0.2, -0.15) is 5.26 Å². The lowest BCUT2D eigenvalue weighted by Crippen LogP contribution is -2.08. The molecular formula is C14H15NO2. The second-order valence-corrected chi connectivity index (χ2v) is 3.70. The number of ether oxygens (including phenoxy) is 1. The maximum Gasteiger partial charge on any atom is 0.349 e. The molecule has 0 amide bonds. The Morgan fingerprint density at radius 3 is 2.41 bits per heavy atom. The standard InChI is InChI=1S/C14H15NO2/c1-4-17-14(16)13(9-15)11(3)12-7-5-10(2)6-8-12/h5-8H,4H2,1-3H3. The predicted octanol–water partition coefficient (Wildman–Crippen LogP) is 2.86. The molecule has 17 heavy (non-hydrogen) atoms. The van der Waals surface area contributed by atoms with Crippen molar-refractivity contribution in [1.29, 1.82) is 5.26 Å². The smallest absolute Gasteiger partial charge is 0.349 e. The summed E-state index contributed by atoms with van der Waals surface area (Å²) in [7, 11) is 0. The topological polar surface area (TPSA) is 50.1 Å². The molecule has 1 rings (SSSR count). The van der Waals surface area contributed by atoms with E-state index in [4.69, 9.17) is 10.00 Å². The third-order valence-corrected chi connectivity index (χ3v) is 2.45. The monoisotopic (exact) mass is 229 g/mol. The molecule has 0 heterocycles. The van der Waals surface area contributed by atoms with E-state index in [-0.39, 0.29) is 12.2 Å². The number of rotatable bonds is 3. The van der Waals surface area contributed by atoms with Crippen LogP contribution in [0.1, 0.15) is 25.0 Å². The summed E-state index contributed by atoms with van der Waals surface area (Å²) in [6.45, 7) is 5.72. The lowest BCUT2D eigenvalue weighted by molar-refractivity contribution is -0.137. The molecule has 1 aromatic rings. The van der Waals surface area contributed by atoms with Crippen molar-refractivity contribution in [3.63, 3.8) is 0 Å². The normalized spacial score (nSPS) is 11.4. The molecule has 0 atom stereocenters. The Bertz CT molecular complexity index is 478. The van der Waals surface area contributed by atoms with Gasteiger partial charge >= 0.3 is 5.97 Å². The predicted molar refractivity (Wildman–Crippen MR) is 66.0 cm³/mol. The summed E-state index contributed by atoms with van der Waals surface area (Å²) < 4.78 is 4.84. The Hall–Kier alpha value is -2.08. The maximum atomic E-state index is 11.6. The van der Waals surface area contributed by atoms with Crippen LogP contribution in [0.4, 0.5) is 0 Å². The average molecular weight is 229 g/mol. The van der Waals surface area contributed by atoms with Gasteiger partial charge < -0.3 is 4.74 Å². The van der Waals surface area contributed by atoms with E-state index in [1.807, 2.05) is 37.3 Å². The van der Waals surface area contributed by atoms with E-state index in [1.54, 1.807) is 13.8 Å². The van der Waals surface area contributed by atoms with Crippen LogP contribution in [-0.4, -0.2) is 12.6 Å². The summed E-state index contributed by atoms with van der Waals surface area (Å²) >= 11 is 0. The Labute approximate surface area is 101 Å². The number of hydrogen-bond acceptors (Lipinski definition) is 3. The van der Waals surface area contributed by atoms with Gasteiger partial charge in [-0.05, 0) is 31.9 Å². The Balaban J connectivity index is 3.13. The van der Waals surface area contributed by atoms with Crippen molar-refractivity contribution in [2.24, 2.45) is 0 Å². The van der Waals surface area contributed by atoms with Gasteiger partial charge in [0.2, 0.25) is 0 Å². The Morgan fingerprint density at radius 2 is 1.94 bits per heavy atom. The maximum absolute atomic E-state index is 11.6. The van der Waals surface area contributed by atoms with E-state index in [9.17, 15) is 4.79 Å². The fraction of sp³-hybridized carbons (Fsp3) is 0.286. The van der Waals surface area contributed by atoms with Gasteiger partial charge in [-0.15, -0.1) is 0 Å². The minimum absolute atomic E-state index is 0.0655. The lowest BCUT2D eigenvalue weighted by atomic mass is 10.0. The summed E-state index contributed by atoms with van der Waals surface area (Å²) in [5.41, 5.74) is 2.71. The summed E-state index contributed by atoms with van der Waals surface area (Å²) in [6.07, 6.45) is 0. The van der Waals surface area contributed by atoms with Crippen molar-refractivity contribution >= 4 is 11.5 Å². The molecule has 0 fully saturated rings. The molecule has 3 heteroatoms. The number of nitriles is 1. The van der Waals surface area contributed by atoms with Crippen LogP contribution in [0.5, 0.6) is 0 Å². The van der Waals surface area contributed by atoms with Crippen molar-refractivity contribution in [3.8, 4) is 6.07 Å². The summed E-state index contributed by atoms with van der Waals surface area (Å²) in [5, 5.41) is 9.00. The van der Waals surface area contributed by atoms with Crippen LogP contribution in [0, 0.1) is 18.3 Å². The Morgan fingerprint density at radius 1 is 1.35 bits per heavy atom. The van der Waals surface area contributed by atoms with Crippen LogP contribution in [-0.2, 0) is 9.53 Å². The van der Waals surface area contributed by atoms with E-state index < -0.39 is 5.97 Å². The molecule has 0 aliphatic heterocycles. The number of allylic oxidation sites excluding steroid dienone is 1. The highest BCUT2D eigenvalue weighted by atomic mass is 16.5. The molecule has 1 aromatic carbocycles. The summed E-state index contributed by atoms with van der Waals surface area (Å²) in [6, 6.07) is 9.57. The molecule has 0 aliphatic rings. The molecule has 88 valence electrons. The van der Waals surface area contributed by atoms with E-state index in [1.165, 1.54) is 0 Å². The number of aryl methyl sites for hydroxylation is 1. The van der Waals surface area contributed by atoms with Crippen LogP contribution in [0.2, 0.25) is 0 Å². The molecule has 0 spiro atoms. The van der Waals surface area contributed by atoms with Crippen molar-refractivity contribution in [3.05, 3.63) is 41.0 Å². The van der Waals surface area contributed by atoms with Crippen molar-refractivity contribution in [2.45, 2.75) is 20.8 Å². The molecule has 0 saturated carbocycles. The van der Waals surface area contributed by atoms with Gasteiger partial charge in [0.1, 0.15) is 11.6 Å². The zero-order valence-electron chi connectivity index (χ0n) is 10.3.